The van der Waals surface area contributed by atoms with Crippen molar-refractivity contribution in [3.63, 3.8) is 0 Å². The lowest BCUT2D eigenvalue weighted by Crippen LogP contribution is -2.21. The van der Waals surface area contributed by atoms with Crippen LogP contribution in [0.15, 0.2) is 16.8 Å². The van der Waals surface area contributed by atoms with Gasteiger partial charge >= 0.3 is 0 Å². The lowest BCUT2D eigenvalue weighted by Gasteiger charge is -2.15. The lowest BCUT2D eigenvalue weighted by atomic mass is 10.1. The van der Waals surface area contributed by atoms with E-state index in [1.807, 2.05) is 11.3 Å². The summed E-state index contributed by atoms with van der Waals surface area (Å²) in [5.41, 5.74) is 2.55. The van der Waals surface area contributed by atoms with E-state index in [1.165, 1.54) is 21.1 Å². The molecule has 1 unspecified atom stereocenters. The molecule has 0 aliphatic carbocycles. The third kappa shape index (κ3) is 2.82. The third-order valence-corrected chi connectivity index (χ3v) is 4.96. The monoisotopic (exact) mass is 280 g/mol. The van der Waals surface area contributed by atoms with Crippen LogP contribution in [0.5, 0.6) is 0 Å². The fourth-order valence-corrected chi connectivity index (χ4v) is 4.02. The fourth-order valence-electron chi connectivity index (χ4n) is 1.87. The number of nitrogens with one attached hydrogen (secondary N) is 1. The summed E-state index contributed by atoms with van der Waals surface area (Å²) in [6.07, 6.45) is 0. The van der Waals surface area contributed by atoms with Gasteiger partial charge in [0.2, 0.25) is 0 Å². The molecule has 2 rings (SSSR count). The summed E-state index contributed by atoms with van der Waals surface area (Å²) in [6.45, 7) is 9.66. The summed E-state index contributed by atoms with van der Waals surface area (Å²) >= 11 is 3.58. The van der Waals surface area contributed by atoms with E-state index < -0.39 is 0 Å². The molecule has 1 atom stereocenters. The van der Waals surface area contributed by atoms with E-state index in [0.29, 0.717) is 5.92 Å². The first-order chi connectivity index (χ1) is 8.63. The predicted molar refractivity (Wildman–Crippen MR) is 80.8 cm³/mol. The van der Waals surface area contributed by atoms with Gasteiger partial charge in [-0.05, 0) is 36.4 Å². The maximum Gasteiger partial charge on any atom is 0.115 e. The van der Waals surface area contributed by atoms with E-state index in [0.717, 1.165) is 6.54 Å². The number of hydrogen-bond donors (Lipinski definition) is 1. The van der Waals surface area contributed by atoms with Crippen molar-refractivity contribution in [2.45, 2.75) is 39.7 Å². The van der Waals surface area contributed by atoms with Crippen molar-refractivity contribution >= 4 is 22.7 Å². The van der Waals surface area contributed by atoms with Gasteiger partial charge in [-0.3, -0.25) is 0 Å². The molecule has 4 heteroatoms. The van der Waals surface area contributed by atoms with Gasteiger partial charge in [-0.15, -0.1) is 22.7 Å². The molecule has 0 aromatic carbocycles. The molecule has 2 heterocycles. The molecule has 2 aromatic rings. The molecular weight excluding hydrogens is 260 g/mol. The normalized spacial score (nSPS) is 13.2. The first kappa shape index (κ1) is 13.7. The maximum atomic E-state index is 4.79. The van der Waals surface area contributed by atoms with Crippen LogP contribution in [0.4, 0.5) is 0 Å². The number of hydrogen-bond acceptors (Lipinski definition) is 4. The maximum absolute atomic E-state index is 4.79. The van der Waals surface area contributed by atoms with E-state index in [1.54, 1.807) is 11.3 Å². The minimum atomic E-state index is 0.257. The van der Waals surface area contributed by atoms with Gasteiger partial charge in [0.15, 0.2) is 0 Å². The molecule has 2 aromatic heterocycles. The summed E-state index contributed by atoms with van der Waals surface area (Å²) < 4.78 is 0. The van der Waals surface area contributed by atoms with Crippen molar-refractivity contribution in [2.75, 3.05) is 6.54 Å². The third-order valence-electron chi connectivity index (χ3n) is 2.95. The highest BCUT2D eigenvalue weighted by Gasteiger charge is 2.20. The van der Waals surface area contributed by atoms with Gasteiger partial charge in [-0.1, -0.05) is 20.8 Å². The molecule has 0 aliphatic rings. The van der Waals surface area contributed by atoms with Crippen LogP contribution in [0.2, 0.25) is 0 Å². The number of thiazole rings is 1. The Labute approximate surface area is 117 Å². The second-order valence-corrected chi connectivity index (χ2v) is 6.56. The Bertz CT molecular complexity index is 499. The Hall–Kier alpha value is -0.710. The van der Waals surface area contributed by atoms with Crippen molar-refractivity contribution in [1.29, 1.82) is 0 Å². The SMILES string of the molecule is CCNC(c1nc(C(C)C)cs1)c1sccc1C. The molecule has 0 saturated carbocycles. The van der Waals surface area contributed by atoms with E-state index >= 15 is 0 Å². The average Bonchev–Trinajstić information content (AvgIpc) is 2.95. The van der Waals surface area contributed by atoms with Crippen molar-refractivity contribution < 1.29 is 0 Å². The van der Waals surface area contributed by atoms with Gasteiger partial charge in [0.25, 0.3) is 0 Å². The molecule has 0 saturated heterocycles. The molecular formula is C14H20N2S2. The summed E-state index contributed by atoms with van der Waals surface area (Å²) in [4.78, 5) is 6.18. The zero-order valence-electron chi connectivity index (χ0n) is 11.4. The van der Waals surface area contributed by atoms with Crippen LogP contribution in [0.1, 0.15) is 53.9 Å². The minimum Gasteiger partial charge on any atom is -0.304 e. The number of aromatic nitrogens is 1. The van der Waals surface area contributed by atoms with E-state index in [9.17, 15) is 0 Å². The van der Waals surface area contributed by atoms with Gasteiger partial charge in [0.1, 0.15) is 5.01 Å². The Morgan fingerprint density at radius 1 is 1.33 bits per heavy atom. The molecule has 0 fully saturated rings. The Balaban J connectivity index is 2.32. The van der Waals surface area contributed by atoms with E-state index in [4.69, 9.17) is 4.98 Å². The van der Waals surface area contributed by atoms with Crippen molar-refractivity contribution in [3.05, 3.63) is 38.0 Å². The summed E-state index contributed by atoms with van der Waals surface area (Å²) in [7, 11) is 0. The van der Waals surface area contributed by atoms with Crippen LogP contribution in [-0.4, -0.2) is 11.5 Å². The number of aryl methyl sites for hydroxylation is 1. The molecule has 18 heavy (non-hydrogen) atoms. The molecule has 0 spiro atoms. The van der Waals surface area contributed by atoms with Crippen molar-refractivity contribution in [2.24, 2.45) is 0 Å². The average molecular weight is 280 g/mol. The number of nitrogens with zero attached hydrogens (tertiary/aromatic N) is 1. The van der Waals surface area contributed by atoms with Gasteiger partial charge in [0.05, 0.1) is 11.7 Å². The molecule has 98 valence electrons. The van der Waals surface area contributed by atoms with Crippen LogP contribution >= 0.6 is 22.7 Å². The zero-order valence-corrected chi connectivity index (χ0v) is 13.0. The highest BCUT2D eigenvalue weighted by Crippen LogP contribution is 2.32. The van der Waals surface area contributed by atoms with Gasteiger partial charge in [0, 0.05) is 10.3 Å². The van der Waals surface area contributed by atoms with Crippen LogP contribution in [-0.2, 0) is 0 Å². The Kier molecular flexibility index (Phi) is 4.54. The minimum absolute atomic E-state index is 0.257. The standard InChI is InChI=1S/C14H20N2S2/c1-5-15-12(13-10(4)6-7-17-13)14-16-11(8-18-14)9(2)3/h6-9,12,15H,5H2,1-4H3. The Morgan fingerprint density at radius 3 is 2.61 bits per heavy atom. The number of thiophene rings is 1. The van der Waals surface area contributed by atoms with Crippen molar-refractivity contribution in [1.82, 2.24) is 10.3 Å². The van der Waals surface area contributed by atoms with Gasteiger partial charge in [-0.25, -0.2) is 4.98 Å². The fraction of sp³-hybridized carbons (Fsp3) is 0.500. The predicted octanol–water partition coefficient (Wildman–Crippen LogP) is 4.34. The summed E-state index contributed by atoms with van der Waals surface area (Å²) in [5, 5.41) is 9.09. The molecule has 0 aliphatic heterocycles. The quantitative estimate of drug-likeness (QED) is 0.881. The van der Waals surface area contributed by atoms with Gasteiger partial charge in [-0.2, -0.15) is 0 Å². The molecule has 0 amide bonds. The zero-order chi connectivity index (χ0) is 13.1. The van der Waals surface area contributed by atoms with Crippen molar-refractivity contribution in [3.8, 4) is 0 Å². The smallest absolute Gasteiger partial charge is 0.115 e. The lowest BCUT2D eigenvalue weighted by molar-refractivity contribution is 0.629. The first-order valence-corrected chi connectivity index (χ1v) is 8.12. The van der Waals surface area contributed by atoms with Crippen LogP contribution in [0, 0.1) is 6.92 Å². The van der Waals surface area contributed by atoms with Crippen LogP contribution in [0.25, 0.3) is 0 Å². The molecule has 2 nitrogen and oxygen atoms in total. The Morgan fingerprint density at radius 2 is 2.11 bits per heavy atom. The highest BCUT2D eigenvalue weighted by atomic mass is 32.1. The summed E-state index contributed by atoms with van der Waals surface area (Å²) in [6, 6.07) is 2.44. The largest absolute Gasteiger partial charge is 0.304 e. The second kappa shape index (κ2) is 5.95. The molecule has 1 N–H and O–H groups in total. The topological polar surface area (TPSA) is 24.9 Å². The number of rotatable bonds is 5. The second-order valence-electron chi connectivity index (χ2n) is 4.72. The van der Waals surface area contributed by atoms with E-state index in [2.05, 4.69) is 49.8 Å². The molecule has 0 bridgehead atoms. The van der Waals surface area contributed by atoms with Crippen LogP contribution in [0.3, 0.4) is 0 Å². The van der Waals surface area contributed by atoms with Gasteiger partial charge < -0.3 is 5.32 Å². The first-order valence-electron chi connectivity index (χ1n) is 6.36. The van der Waals surface area contributed by atoms with E-state index in [-0.39, 0.29) is 6.04 Å². The summed E-state index contributed by atoms with van der Waals surface area (Å²) in [5.74, 6) is 0.502. The van der Waals surface area contributed by atoms with Crippen LogP contribution < -0.4 is 5.32 Å². The molecule has 0 radical (unpaired) electrons. The highest BCUT2D eigenvalue weighted by molar-refractivity contribution is 7.11.